The van der Waals surface area contributed by atoms with Gasteiger partial charge in [0, 0.05) is 12.0 Å². The molecule has 1 saturated carbocycles. The highest BCUT2D eigenvalue weighted by molar-refractivity contribution is 5.48. The van der Waals surface area contributed by atoms with Crippen LogP contribution in [-0.2, 0) is 5.41 Å². The van der Waals surface area contributed by atoms with Crippen molar-refractivity contribution in [1.29, 1.82) is 0 Å². The van der Waals surface area contributed by atoms with Crippen LogP contribution in [0.4, 0.5) is 4.39 Å². The van der Waals surface area contributed by atoms with Gasteiger partial charge in [0.25, 0.3) is 0 Å². The predicted octanol–water partition coefficient (Wildman–Crippen LogP) is 4.34. The molecule has 0 aromatic heterocycles. The molecule has 1 N–H and O–H groups in total. The monoisotopic (exact) mass is 311 g/mol. The maximum absolute atomic E-state index is 13.3. The van der Waals surface area contributed by atoms with Crippen molar-refractivity contribution in [3.05, 3.63) is 65.0 Å². The molecule has 1 spiro atoms. The lowest BCUT2D eigenvalue weighted by molar-refractivity contribution is 0.352. The van der Waals surface area contributed by atoms with E-state index in [-0.39, 0.29) is 17.3 Å². The quantitative estimate of drug-likeness (QED) is 0.891. The first kappa shape index (κ1) is 14.7. The van der Waals surface area contributed by atoms with Crippen LogP contribution in [0.25, 0.3) is 0 Å². The highest BCUT2D eigenvalue weighted by atomic mass is 19.1. The molecule has 0 radical (unpaired) electrons. The van der Waals surface area contributed by atoms with E-state index in [4.69, 9.17) is 4.74 Å². The lowest BCUT2D eigenvalue weighted by atomic mass is 9.71. The molecular formula is C20H22FNO. The van der Waals surface area contributed by atoms with Crippen LogP contribution in [0.5, 0.6) is 5.75 Å². The summed E-state index contributed by atoms with van der Waals surface area (Å²) in [5.74, 6) is 0.738. The van der Waals surface area contributed by atoms with Crippen molar-refractivity contribution in [2.24, 2.45) is 0 Å². The largest absolute Gasteiger partial charge is 0.497 e. The summed E-state index contributed by atoms with van der Waals surface area (Å²) < 4.78 is 18.7. The highest BCUT2D eigenvalue weighted by Crippen LogP contribution is 2.48. The minimum atomic E-state index is -0.188. The zero-order chi connectivity index (χ0) is 15.9. The summed E-state index contributed by atoms with van der Waals surface area (Å²) in [4.78, 5) is 0. The van der Waals surface area contributed by atoms with Crippen molar-refractivity contribution in [3.63, 3.8) is 0 Å². The van der Waals surface area contributed by atoms with Crippen molar-refractivity contribution in [2.45, 2.75) is 37.1 Å². The van der Waals surface area contributed by atoms with Gasteiger partial charge in [-0.1, -0.05) is 31.0 Å². The Kier molecular flexibility index (Phi) is 3.61. The van der Waals surface area contributed by atoms with E-state index in [0.717, 1.165) is 17.9 Å². The zero-order valence-corrected chi connectivity index (χ0v) is 13.4. The van der Waals surface area contributed by atoms with E-state index in [1.807, 2.05) is 18.2 Å². The fraction of sp³-hybridized carbons (Fsp3) is 0.400. The first-order valence-electron chi connectivity index (χ1n) is 8.39. The Hall–Kier alpha value is -1.87. The van der Waals surface area contributed by atoms with Crippen molar-refractivity contribution in [2.75, 3.05) is 13.7 Å². The van der Waals surface area contributed by atoms with Gasteiger partial charge in [0.05, 0.1) is 13.2 Å². The topological polar surface area (TPSA) is 21.3 Å². The summed E-state index contributed by atoms with van der Waals surface area (Å²) in [6.45, 7) is 0.981. The van der Waals surface area contributed by atoms with Crippen LogP contribution in [0.2, 0.25) is 0 Å². The first-order chi connectivity index (χ1) is 11.2. The third-order valence-corrected chi connectivity index (χ3v) is 5.55. The van der Waals surface area contributed by atoms with Gasteiger partial charge in [0.2, 0.25) is 0 Å². The van der Waals surface area contributed by atoms with Crippen LogP contribution in [0.3, 0.4) is 0 Å². The molecule has 1 unspecified atom stereocenters. The van der Waals surface area contributed by atoms with Crippen LogP contribution >= 0.6 is 0 Å². The van der Waals surface area contributed by atoms with Gasteiger partial charge >= 0.3 is 0 Å². The SMILES string of the molecule is COc1ccc2c(c1)C1(CCCC1)CNC2c1ccc(F)cc1. The standard InChI is InChI=1S/C20H22FNO/c1-23-16-8-9-17-18(12-16)20(10-2-3-11-20)13-22-19(17)14-4-6-15(21)7-5-14/h4-9,12,19,22H,2-3,10-11,13H2,1H3. The Morgan fingerprint density at radius 1 is 1.09 bits per heavy atom. The molecule has 2 nitrogen and oxygen atoms in total. The summed E-state index contributed by atoms with van der Waals surface area (Å²) in [5.41, 5.74) is 4.08. The van der Waals surface area contributed by atoms with E-state index < -0.39 is 0 Å². The Labute approximate surface area is 136 Å². The molecule has 23 heavy (non-hydrogen) atoms. The first-order valence-corrected chi connectivity index (χ1v) is 8.39. The molecule has 1 heterocycles. The van der Waals surface area contributed by atoms with Crippen LogP contribution in [0.1, 0.15) is 48.4 Å². The van der Waals surface area contributed by atoms with Gasteiger partial charge in [-0.15, -0.1) is 0 Å². The zero-order valence-electron chi connectivity index (χ0n) is 13.4. The van der Waals surface area contributed by atoms with Gasteiger partial charge < -0.3 is 10.1 Å². The van der Waals surface area contributed by atoms with Crippen molar-refractivity contribution >= 4 is 0 Å². The molecule has 1 fully saturated rings. The van der Waals surface area contributed by atoms with E-state index >= 15 is 0 Å². The van der Waals surface area contributed by atoms with Crippen LogP contribution in [0.15, 0.2) is 42.5 Å². The van der Waals surface area contributed by atoms with Gasteiger partial charge in [0.15, 0.2) is 0 Å². The molecule has 1 atom stereocenters. The van der Waals surface area contributed by atoms with E-state index in [1.54, 1.807) is 19.2 Å². The number of hydrogen-bond donors (Lipinski definition) is 1. The Bertz CT molecular complexity index is 704. The second-order valence-electron chi connectivity index (χ2n) is 6.81. The van der Waals surface area contributed by atoms with Crippen LogP contribution in [-0.4, -0.2) is 13.7 Å². The molecule has 3 heteroatoms. The molecule has 1 aliphatic carbocycles. The van der Waals surface area contributed by atoms with Gasteiger partial charge in [0.1, 0.15) is 11.6 Å². The molecule has 4 rings (SSSR count). The highest BCUT2D eigenvalue weighted by Gasteiger charge is 2.42. The average molecular weight is 311 g/mol. The molecule has 2 aliphatic rings. The predicted molar refractivity (Wildman–Crippen MR) is 89.4 cm³/mol. The molecular weight excluding hydrogens is 289 g/mol. The smallest absolute Gasteiger partial charge is 0.123 e. The Morgan fingerprint density at radius 3 is 2.52 bits per heavy atom. The van der Waals surface area contributed by atoms with Crippen molar-refractivity contribution in [1.82, 2.24) is 5.32 Å². The van der Waals surface area contributed by atoms with Crippen LogP contribution < -0.4 is 10.1 Å². The Morgan fingerprint density at radius 2 is 1.83 bits per heavy atom. The summed E-state index contributed by atoms with van der Waals surface area (Å²) in [5, 5.41) is 3.72. The van der Waals surface area contributed by atoms with Gasteiger partial charge in [-0.05, 0) is 53.8 Å². The number of rotatable bonds is 2. The number of ether oxygens (including phenoxy) is 1. The van der Waals surface area contributed by atoms with E-state index in [9.17, 15) is 4.39 Å². The van der Waals surface area contributed by atoms with Crippen molar-refractivity contribution in [3.8, 4) is 5.75 Å². The van der Waals surface area contributed by atoms with Gasteiger partial charge in [-0.25, -0.2) is 4.39 Å². The van der Waals surface area contributed by atoms with Gasteiger partial charge in [-0.3, -0.25) is 0 Å². The number of fused-ring (bicyclic) bond motifs is 2. The van der Waals surface area contributed by atoms with Crippen molar-refractivity contribution < 1.29 is 9.13 Å². The lowest BCUT2D eigenvalue weighted by Gasteiger charge is -2.41. The summed E-state index contributed by atoms with van der Waals surface area (Å²) >= 11 is 0. The maximum atomic E-state index is 13.3. The van der Waals surface area contributed by atoms with Gasteiger partial charge in [-0.2, -0.15) is 0 Å². The molecule has 0 saturated heterocycles. The second kappa shape index (κ2) is 5.64. The number of hydrogen-bond acceptors (Lipinski definition) is 2. The molecule has 2 aromatic rings. The minimum Gasteiger partial charge on any atom is -0.497 e. The minimum absolute atomic E-state index is 0.128. The molecule has 2 aromatic carbocycles. The number of nitrogens with one attached hydrogen (secondary N) is 1. The number of methoxy groups -OCH3 is 1. The van der Waals surface area contributed by atoms with E-state index in [1.165, 1.54) is 36.8 Å². The number of halogens is 1. The fourth-order valence-corrected chi connectivity index (χ4v) is 4.33. The normalized spacial score (nSPS) is 22.1. The second-order valence-corrected chi connectivity index (χ2v) is 6.81. The summed E-state index contributed by atoms with van der Waals surface area (Å²) in [6, 6.07) is 13.4. The van der Waals surface area contributed by atoms with E-state index in [0.29, 0.717) is 0 Å². The summed E-state index contributed by atoms with van der Waals surface area (Å²) in [7, 11) is 1.72. The third kappa shape index (κ3) is 2.43. The van der Waals surface area contributed by atoms with Crippen LogP contribution in [0, 0.1) is 5.82 Å². The molecule has 120 valence electrons. The lowest BCUT2D eigenvalue weighted by Crippen LogP contribution is -2.44. The van der Waals surface area contributed by atoms with E-state index in [2.05, 4.69) is 17.4 Å². The average Bonchev–Trinajstić information content (AvgIpc) is 3.06. The molecule has 0 amide bonds. The fourth-order valence-electron chi connectivity index (χ4n) is 4.33. The third-order valence-electron chi connectivity index (χ3n) is 5.55. The Balaban J connectivity index is 1.81. The molecule has 1 aliphatic heterocycles. The number of benzene rings is 2. The maximum Gasteiger partial charge on any atom is 0.123 e. The summed E-state index contributed by atoms with van der Waals surface area (Å²) in [6.07, 6.45) is 5.05. The molecule has 0 bridgehead atoms.